The van der Waals surface area contributed by atoms with E-state index in [9.17, 15) is 0 Å². The Kier molecular flexibility index (Phi) is 8.87. The molecule has 0 aromatic carbocycles. The number of unbranched alkanes of at least 4 members (excludes halogenated alkanes) is 3. The van der Waals surface area contributed by atoms with Crippen molar-refractivity contribution >= 4 is 29.5 Å². The Bertz CT molecular complexity index is 113. The molecule has 0 bridgehead atoms. The van der Waals surface area contributed by atoms with Crippen molar-refractivity contribution in [3.8, 4) is 0 Å². The zero-order chi connectivity index (χ0) is 10.2. The summed E-state index contributed by atoms with van der Waals surface area (Å²) in [6, 6.07) is 0. The summed E-state index contributed by atoms with van der Waals surface area (Å²) in [5.74, 6) is 1.35. The third kappa shape index (κ3) is 9.26. The van der Waals surface area contributed by atoms with Crippen LogP contribution in [0.1, 0.15) is 52.9 Å². The van der Waals surface area contributed by atoms with Gasteiger partial charge in [-0.3, -0.25) is 0 Å². The van der Waals surface area contributed by atoms with E-state index in [0.29, 0.717) is 4.75 Å². The van der Waals surface area contributed by atoms with E-state index in [-0.39, 0.29) is 0 Å². The molecule has 0 saturated heterocycles. The van der Waals surface area contributed by atoms with Gasteiger partial charge in [-0.05, 0) is 0 Å². The number of thioether (sulfide) groups is 1. The molecule has 0 radical (unpaired) electrons. The topological polar surface area (TPSA) is 0 Å². The van der Waals surface area contributed by atoms with Crippen molar-refractivity contribution in [3.63, 3.8) is 0 Å². The maximum absolute atomic E-state index is 2.35. The molecule has 0 aliphatic heterocycles. The molecular weight excluding hydrogens is 171 g/mol. The van der Waals surface area contributed by atoms with Crippen LogP contribution in [0.4, 0.5) is 0 Å². The summed E-state index contributed by atoms with van der Waals surface area (Å²) in [5, 5.41) is 1.35. The summed E-state index contributed by atoms with van der Waals surface area (Å²) in [6.07, 6.45) is 6.98. The van der Waals surface area contributed by atoms with Gasteiger partial charge < -0.3 is 0 Å². The molecule has 0 heterocycles. The molecule has 0 aromatic heterocycles. The zero-order valence-corrected chi connectivity index (χ0v) is 10.7. The van der Waals surface area contributed by atoms with Gasteiger partial charge in [0.25, 0.3) is 0 Å². The molecule has 0 atom stereocenters. The fourth-order valence-electron chi connectivity index (χ4n) is 1.16. The Balaban J connectivity index is 3.16. The second-order valence-corrected chi connectivity index (χ2v) is 6.18. The molecule has 0 rings (SSSR count). The van der Waals surface area contributed by atoms with Crippen molar-refractivity contribution in [2.24, 2.45) is 0 Å². The molecule has 0 fully saturated rings. The monoisotopic (exact) mass is 194 g/mol. The van der Waals surface area contributed by atoms with Gasteiger partial charge in [-0.15, -0.1) is 0 Å². The Labute approximate surface area is 97.8 Å². The van der Waals surface area contributed by atoms with Crippen molar-refractivity contribution in [3.05, 3.63) is 0 Å². The summed E-state index contributed by atoms with van der Waals surface area (Å²) >= 11 is 4.41. The van der Waals surface area contributed by atoms with Gasteiger partial charge in [0.1, 0.15) is 0 Å². The molecule has 0 unspecified atom stereocenters. The minimum absolute atomic E-state index is 0.505. The summed E-state index contributed by atoms with van der Waals surface area (Å²) in [7, 11) is 0. The second kappa shape index (κ2) is 8.27. The normalized spacial score (nSPS) is 12.1. The molecule has 0 aromatic rings. The third-order valence-corrected chi connectivity index (χ3v) is 4.16. The van der Waals surface area contributed by atoms with Gasteiger partial charge in [-0.1, -0.05) is 0 Å². The summed E-state index contributed by atoms with van der Waals surface area (Å²) < 4.78 is 0.505. The van der Waals surface area contributed by atoms with Gasteiger partial charge in [0.2, 0.25) is 0 Å². The fraction of sp³-hybridized carbons (Fsp3) is 1.00. The average Bonchev–Trinajstić information content (AvgIpc) is 2.11. The van der Waals surface area contributed by atoms with Crippen molar-refractivity contribution in [2.75, 3.05) is 5.75 Å². The minimum atomic E-state index is 0.505. The predicted octanol–water partition coefficient (Wildman–Crippen LogP) is 4.06. The van der Waals surface area contributed by atoms with Crippen LogP contribution >= 0.6 is 11.8 Å². The van der Waals surface area contributed by atoms with Crippen LogP contribution in [0.15, 0.2) is 0 Å². The van der Waals surface area contributed by atoms with Gasteiger partial charge in [0.15, 0.2) is 0 Å². The number of hydrogen-bond acceptors (Lipinski definition) is 1. The van der Waals surface area contributed by atoms with Crippen molar-refractivity contribution in [1.82, 2.24) is 0 Å². The van der Waals surface area contributed by atoms with Gasteiger partial charge in [0, 0.05) is 0 Å². The first-order valence-electron chi connectivity index (χ1n) is 5.76. The van der Waals surface area contributed by atoms with E-state index in [4.69, 9.17) is 0 Å². The maximum atomic E-state index is 2.35. The van der Waals surface area contributed by atoms with Crippen LogP contribution in [0.3, 0.4) is 0 Å². The van der Waals surface area contributed by atoms with E-state index in [1.54, 1.807) is 0 Å². The van der Waals surface area contributed by atoms with Crippen molar-refractivity contribution in [2.45, 2.75) is 62.7 Å². The standard InChI is InChI=1S/C11H23S.Li/c1-5-7-8-9-10-12-11(3,4)6-2;/h1,5-10H2,2-4H3;. The Morgan fingerprint density at radius 2 is 1.69 bits per heavy atom. The average molecular weight is 194 g/mol. The first-order valence-corrected chi connectivity index (χ1v) is 6.75. The van der Waals surface area contributed by atoms with Gasteiger partial charge in [-0.25, -0.2) is 0 Å². The predicted molar refractivity (Wildman–Crippen MR) is 65.9 cm³/mol. The van der Waals surface area contributed by atoms with Crippen LogP contribution in [0.25, 0.3) is 0 Å². The molecule has 13 heavy (non-hydrogen) atoms. The van der Waals surface area contributed by atoms with Crippen molar-refractivity contribution < 1.29 is 0 Å². The van der Waals surface area contributed by atoms with Crippen LogP contribution in [0, 0.1) is 0 Å². The molecule has 0 nitrogen and oxygen atoms in total. The molecule has 2 heteroatoms. The third-order valence-electron chi connectivity index (χ3n) is 2.59. The Morgan fingerprint density at radius 3 is 2.23 bits per heavy atom. The van der Waals surface area contributed by atoms with E-state index in [0.717, 1.165) is 0 Å². The Hall–Kier alpha value is 0.947. The van der Waals surface area contributed by atoms with Gasteiger partial charge in [-0.2, -0.15) is 0 Å². The molecule has 0 spiro atoms. The molecule has 0 aliphatic rings. The van der Waals surface area contributed by atoms with Crippen LogP contribution in [0.2, 0.25) is 5.09 Å². The molecule has 0 N–H and O–H groups in total. The van der Waals surface area contributed by atoms with E-state index >= 15 is 0 Å². The summed E-state index contributed by atoms with van der Waals surface area (Å²) in [6.45, 7) is 6.98. The molecular formula is C11H23LiS. The van der Waals surface area contributed by atoms with Crippen LogP contribution in [-0.2, 0) is 0 Å². The van der Waals surface area contributed by atoms with Crippen LogP contribution < -0.4 is 0 Å². The molecule has 0 amide bonds. The van der Waals surface area contributed by atoms with E-state index < -0.39 is 0 Å². The number of rotatable bonds is 8. The van der Waals surface area contributed by atoms with Crippen molar-refractivity contribution in [1.29, 1.82) is 0 Å². The zero-order valence-electron chi connectivity index (χ0n) is 9.86. The first kappa shape index (κ1) is 13.9. The molecule has 0 aliphatic carbocycles. The second-order valence-electron chi connectivity index (χ2n) is 4.38. The fourth-order valence-corrected chi connectivity index (χ4v) is 2.26. The Morgan fingerprint density at radius 1 is 1.08 bits per heavy atom. The quantitative estimate of drug-likeness (QED) is 0.415. The summed E-state index contributed by atoms with van der Waals surface area (Å²) in [5.41, 5.74) is 0. The number of hydrogen-bond donors (Lipinski definition) is 0. The van der Waals surface area contributed by atoms with Crippen LogP contribution in [0.5, 0.6) is 0 Å². The SMILES string of the molecule is [Li][CH2]CCCCCSC(C)(C)CC. The summed E-state index contributed by atoms with van der Waals surface area (Å²) in [4.78, 5) is 0. The van der Waals surface area contributed by atoms with E-state index in [1.165, 1.54) is 43.0 Å². The first-order chi connectivity index (χ1) is 6.12. The van der Waals surface area contributed by atoms with E-state index in [2.05, 4.69) is 50.2 Å². The van der Waals surface area contributed by atoms with Crippen LogP contribution in [-0.4, -0.2) is 28.2 Å². The molecule has 74 valence electrons. The van der Waals surface area contributed by atoms with Gasteiger partial charge in [0.05, 0.1) is 0 Å². The van der Waals surface area contributed by atoms with E-state index in [1.807, 2.05) is 0 Å². The molecule has 0 saturated carbocycles. The van der Waals surface area contributed by atoms with Gasteiger partial charge >= 0.3 is 97.9 Å².